The van der Waals surface area contributed by atoms with Gasteiger partial charge in [0.05, 0.1) is 6.04 Å². The first kappa shape index (κ1) is 15.8. The summed E-state index contributed by atoms with van der Waals surface area (Å²) in [7, 11) is 0. The molecule has 2 rings (SSSR count). The molecule has 0 aromatic carbocycles. The Labute approximate surface area is 123 Å². The van der Waals surface area contributed by atoms with Crippen molar-refractivity contribution < 1.29 is 4.79 Å². The van der Waals surface area contributed by atoms with Crippen LogP contribution in [0.1, 0.15) is 52.4 Å². The van der Waals surface area contributed by atoms with Gasteiger partial charge in [-0.1, -0.05) is 33.1 Å². The highest BCUT2D eigenvalue weighted by molar-refractivity contribution is 5.82. The van der Waals surface area contributed by atoms with E-state index in [0.29, 0.717) is 12.0 Å². The van der Waals surface area contributed by atoms with Crippen LogP contribution in [0.2, 0.25) is 0 Å². The number of rotatable bonds is 5. The van der Waals surface area contributed by atoms with Crippen LogP contribution in [0, 0.1) is 11.8 Å². The second kappa shape index (κ2) is 7.41. The van der Waals surface area contributed by atoms with E-state index in [0.717, 1.165) is 32.0 Å². The lowest BCUT2D eigenvalue weighted by Gasteiger charge is -2.47. The van der Waals surface area contributed by atoms with E-state index in [9.17, 15) is 4.79 Å². The first-order valence-corrected chi connectivity index (χ1v) is 8.44. The summed E-state index contributed by atoms with van der Waals surface area (Å²) in [4.78, 5) is 14.6. The zero-order valence-corrected chi connectivity index (χ0v) is 13.1. The number of hydrogen-bond donors (Lipinski definition) is 2. The third-order valence-corrected chi connectivity index (χ3v) is 5.25. The minimum absolute atomic E-state index is 0.0585. The van der Waals surface area contributed by atoms with Gasteiger partial charge in [0.15, 0.2) is 0 Å². The van der Waals surface area contributed by atoms with Crippen LogP contribution < -0.4 is 11.1 Å². The number of amides is 1. The fourth-order valence-corrected chi connectivity index (χ4v) is 4.19. The largest absolute Gasteiger partial charge is 0.353 e. The highest BCUT2D eigenvalue weighted by Gasteiger charge is 2.39. The van der Waals surface area contributed by atoms with Crippen LogP contribution in [-0.4, -0.2) is 42.5 Å². The molecule has 1 aliphatic carbocycles. The lowest BCUT2D eigenvalue weighted by atomic mass is 9.75. The van der Waals surface area contributed by atoms with Gasteiger partial charge in [-0.2, -0.15) is 0 Å². The quantitative estimate of drug-likeness (QED) is 0.807. The second-order valence-corrected chi connectivity index (χ2v) is 6.48. The van der Waals surface area contributed by atoms with E-state index in [1.807, 2.05) is 0 Å². The maximum atomic E-state index is 12.1. The highest BCUT2D eigenvalue weighted by atomic mass is 16.2. The molecule has 116 valence electrons. The van der Waals surface area contributed by atoms with Crippen LogP contribution >= 0.6 is 0 Å². The fraction of sp³-hybridized carbons (Fsp3) is 0.938. The number of carbonyl (C=O) groups is 1. The molecule has 20 heavy (non-hydrogen) atoms. The molecular formula is C16H31N3O. The molecule has 0 spiro atoms. The van der Waals surface area contributed by atoms with Gasteiger partial charge in [-0.05, 0) is 37.6 Å². The Kier molecular flexibility index (Phi) is 5.85. The third-order valence-electron chi connectivity index (χ3n) is 5.25. The van der Waals surface area contributed by atoms with Crippen molar-refractivity contribution in [2.24, 2.45) is 17.6 Å². The summed E-state index contributed by atoms with van der Waals surface area (Å²) < 4.78 is 0. The molecule has 0 aromatic rings. The zero-order chi connectivity index (χ0) is 14.5. The first-order valence-electron chi connectivity index (χ1n) is 8.44. The Morgan fingerprint density at radius 1 is 1.35 bits per heavy atom. The van der Waals surface area contributed by atoms with E-state index in [2.05, 4.69) is 24.1 Å². The molecule has 1 saturated heterocycles. The van der Waals surface area contributed by atoms with Crippen molar-refractivity contribution in [2.45, 2.75) is 64.5 Å². The molecule has 1 amide bonds. The van der Waals surface area contributed by atoms with Crippen LogP contribution in [0.5, 0.6) is 0 Å². The van der Waals surface area contributed by atoms with Gasteiger partial charge in [-0.25, -0.2) is 0 Å². The zero-order valence-electron chi connectivity index (χ0n) is 13.1. The van der Waals surface area contributed by atoms with Crippen LogP contribution in [0.3, 0.4) is 0 Å². The molecule has 3 N–H and O–H groups in total. The predicted octanol–water partition coefficient (Wildman–Crippen LogP) is 1.74. The Bertz CT molecular complexity index is 321. The topological polar surface area (TPSA) is 58.4 Å². The molecule has 4 unspecified atom stereocenters. The Morgan fingerprint density at radius 2 is 2.15 bits per heavy atom. The van der Waals surface area contributed by atoms with Crippen molar-refractivity contribution in [3.8, 4) is 0 Å². The van der Waals surface area contributed by atoms with E-state index in [4.69, 9.17) is 5.73 Å². The summed E-state index contributed by atoms with van der Waals surface area (Å²) >= 11 is 0. The average molecular weight is 281 g/mol. The summed E-state index contributed by atoms with van der Waals surface area (Å²) in [6.45, 7) is 6.93. The molecule has 4 heteroatoms. The Balaban J connectivity index is 2.10. The van der Waals surface area contributed by atoms with E-state index in [1.165, 1.54) is 32.1 Å². The number of nitrogens with zero attached hydrogens (tertiary/aromatic N) is 1. The maximum absolute atomic E-state index is 12.1. The molecule has 0 radical (unpaired) electrons. The SMILES string of the molecule is CCCC1CCC(CN)C(N2CCNC(=O)C2CC)C1. The van der Waals surface area contributed by atoms with Gasteiger partial charge in [0, 0.05) is 19.1 Å². The van der Waals surface area contributed by atoms with Crippen molar-refractivity contribution in [3.63, 3.8) is 0 Å². The van der Waals surface area contributed by atoms with Gasteiger partial charge in [-0.3, -0.25) is 9.69 Å². The minimum atomic E-state index is 0.0585. The van der Waals surface area contributed by atoms with Crippen LogP contribution in [0.25, 0.3) is 0 Å². The second-order valence-electron chi connectivity index (χ2n) is 6.48. The molecule has 4 atom stereocenters. The molecule has 1 heterocycles. The lowest BCUT2D eigenvalue weighted by molar-refractivity contribution is -0.132. The normalized spacial score (nSPS) is 35.9. The van der Waals surface area contributed by atoms with Crippen molar-refractivity contribution >= 4 is 5.91 Å². The van der Waals surface area contributed by atoms with E-state index in [1.54, 1.807) is 0 Å². The number of piperazine rings is 1. The van der Waals surface area contributed by atoms with Gasteiger partial charge in [0.1, 0.15) is 0 Å². The molecule has 2 fully saturated rings. The Hall–Kier alpha value is -0.610. The lowest BCUT2D eigenvalue weighted by Crippen LogP contribution is -2.61. The van der Waals surface area contributed by atoms with Gasteiger partial charge in [0.2, 0.25) is 5.91 Å². The van der Waals surface area contributed by atoms with Crippen molar-refractivity contribution in [1.82, 2.24) is 10.2 Å². The number of hydrogen-bond acceptors (Lipinski definition) is 3. The summed E-state index contributed by atoms with van der Waals surface area (Å²) in [5, 5.41) is 3.01. The van der Waals surface area contributed by atoms with Crippen LogP contribution in [-0.2, 0) is 4.79 Å². The van der Waals surface area contributed by atoms with Crippen molar-refractivity contribution in [1.29, 1.82) is 0 Å². The third kappa shape index (κ3) is 3.34. The van der Waals surface area contributed by atoms with Crippen LogP contribution in [0.4, 0.5) is 0 Å². The smallest absolute Gasteiger partial charge is 0.237 e. The molecule has 1 saturated carbocycles. The van der Waals surface area contributed by atoms with Crippen molar-refractivity contribution in [3.05, 3.63) is 0 Å². The van der Waals surface area contributed by atoms with Gasteiger partial charge >= 0.3 is 0 Å². The van der Waals surface area contributed by atoms with Crippen molar-refractivity contribution in [2.75, 3.05) is 19.6 Å². The monoisotopic (exact) mass is 281 g/mol. The molecule has 4 nitrogen and oxygen atoms in total. The number of carbonyl (C=O) groups excluding carboxylic acids is 1. The highest BCUT2D eigenvalue weighted by Crippen LogP contribution is 2.35. The number of nitrogens with two attached hydrogens (primary N) is 1. The molecule has 1 aliphatic heterocycles. The standard InChI is InChI=1S/C16H31N3O/c1-3-5-12-6-7-13(11-17)15(10-12)19-9-8-18-16(20)14(19)4-2/h12-15H,3-11,17H2,1-2H3,(H,18,20). The summed E-state index contributed by atoms with van der Waals surface area (Å²) in [6, 6.07) is 0.574. The maximum Gasteiger partial charge on any atom is 0.237 e. The van der Waals surface area contributed by atoms with E-state index >= 15 is 0 Å². The average Bonchev–Trinajstić information content (AvgIpc) is 2.47. The fourth-order valence-electron chi connectivity index (χ4n) is 4.19. The molecule has 2 aliphatic rings. The molecule has 0 bridgehead atoms. The molecule has 0 aromatic heterocycles. The summed E-state index contributed by atoms with van der Waals surface area (Å²) in [6.07, 6.45) is 7.29. The van der Waals surface area contributed by atoms with Crippen LogP contribution in [0.15, 0.2) is 0 Å². The van der Waals surface area contributed by atoms with Gasteiger partial charge in [0.25, 0.3) is 0 Å². The summed E-state index contributed by atoms with van der Waals surface area (Å²) in [5.41, 5.74) is 6.01. The van der Waals surface area contributed by atoms with Gasteiger partial charge < -0.3 is 11.1 Å². The minimum Gasteiger partial charge on any atom is -0.353 e. The predicted molar refractivity (Wildman–Crippen MR) is 82.4 cm³/mol. The van der Waals surface area contributed by atoms with E-state index in [-0.39, 0.29) is 11.9 Å². The number of nitrogens with one attached hydrogen (secondary N) is 1. The summed E-state index contributed by atoms with van der Waals surface area (Å²) in [5.74, 6) is 1.62. The Morgan fingerprint density at radius 3 is 2.80 bits per heavy atom. The van der Waals surface area contributed by atoms with E-state index < -0.39 is 0 Å². The first-order chi connectivity index (χ1) is 9.71. The molecular weight excluding hydrogens is 250 g/mol. The van der Waals surface area contributed by atoms with Gasteiger partial charge in [-0.15, -0.1) is 0 Å².